The summed E-state index contributed by atoms with van der Waals surface area (Å²) in [5, 5.41) is 10.8. The number of fused-ring (bicyclic) bond motifs is 1. The number of H-pyrrole nitrogens is 1. The van der Waals surface area contributed by atoms with Gasteiger partial charge in [0.2, 0.25) is 0 Å². The molecule has 2 N–H and O–H groups in total. The zero-order valence-electron chi connectivity index (χ0n) is 13.2. The summed E-state index contributed by atoms with van der Waals surface area (Å²) in [5.41, 5.74) is 0.788. The Labute approximate surface area is 141 Å². The third-order valence-corrected chi connectivity index (χ3v) is 4.82. The van der Waals surface area contributed by atoms with Crippen LogP contribution in [0.4, 0.5) is 0 Å². The summed E-state index contributed by atoms with van der Waals surface area (Å²) in [5.74, 6) is -0.321. The number of benzene rings is 1. The first-order chi connectivity index (χ1) is 11.5. The number of hydrogen-bond donors (Lipinski definition) is 2. The van der Waals surface area contributed by atoms with Crippen molar-refractivity contribution < 1.29 is 14.6 Å². The molecule has 0 bridgehead atoms. The lowest BCUT2D eigenvalue weighted by Crippen LogP contribution is -2.15. The van der Waals surface area contributed by atoms with Crippen molar-refractivity contribution in [3.8, 4) is 0 Å². The molecule has 24 heavy (non-hydrogen) atoms. The summed E-state index contributed by atoms with van der Waals surface area (Å²) in [6.45, 7) is 3.67. The Hall–Kier alpha value is -2.51. The molecule has 2 aromatic heterocycles. The number of nitrogens with one attached hydrogen (secondary N) is 1. The maximum Gasteiger partial charge on any atom is 0.348 e. The first-order valence-corrected chi connectivity index (χ1v) is 8.28. The van der Waals surface area contributed by atoms with Crippen molar-refractivity contribution in [1.29, 1.82) is 0 Å². The molecule has 124 valence electrons. The number of nitrogens with zero attached hydrogens (tertiary/aromatic N) is 1. The van der Waals surface area contributed by atoms with Crippen LogP contribution in [0.25, 0.3) is 10.2 Å². The molecule has 1 unspecified atom stereocenters. The van der Waals surface area contributed by atoms with E-state index in [1.54, 1.807) is 38.1 Å². The zero-order chi connectivity index (χ0) is 17.3. The predicted molar refractivity (Wildman–Crippen MR) is 91.4 cm³/mol. The largest absolute Gasteiger partial charge is 0.462 e. The average Bonchev–Trinajstić information content (AvgIpc) is 2.92. The molecule has 0 aliphatic rings. The van der Waals surface area contributed by atoms with Gasteiger partial charge in [-0.05, 0) is 25.0 Å². The highest BCUT2D eigenvalue weighted by Gasteiger charge is 2.22. The molecular formula is C17H16N2O4S. The van der Waals surface area contributed by atoms with E-state index in [0.717, 1.165) is 11.3 Å². The van der Waals surface area contributed by atoms with Crippen LogP contribution in [-0.2, 0) is 4.74 Å². The maximum atomic E-state index is 12.4. The number of aromatic nitrogens is 2. The molecular weight excluding hydrogens is 328 g/mol. The Bertz CT molecular complexity index is 946. The molecule has 6 nitrogen and oxygen atoms in total. The minimum Gasteiger partial charge on any atom is -0.462 e. The van der Waals surface area contributed by atoms with Gasteiger partial charge in [-0.2, -0.15) is 0 Å². The number of aromatic amines is 1. The second-order valence-corrected chi connectivity index (χ2v) is 6.22. The summed E-state index contributed by atoms with van der Waals surface area (Å²) >= 11 is 1.10. The molecule has 0 aliphatic heterocycles. The van der Waals surface area contributed by atoms with Crippen LogP contribution in [0.1, 0.15) is 39.7 Å². The van der Waals surface area contributed by atoms with Crippen LogP contribution < -0.4 is 5.56 Å². The fourth-order valence-corrected chi connectivity index (χ4v) is 3.56. The van der Waals surface area contributed by atoms with E-state index in [4.69, 9.17) is 4.74 Å². The van der Waals surface area contributed by atoms with E-state index in [9.17, 15) is 14.7 Å². The lowest BCUT2D eigenvalue weighted by atomic mass is 10.1. The standard InChI is InChI=1S/C17H16N2O4S/c1-3-23-17(22)13-9(2)11-15(21)18-14(19-16(11)24-13)12(20)10-7-5-4-6-8-10/h4-8,12,20H,3H2,1-2H3,(H,18,19,21). The van der Waals surface area contributed by atoms with E-state index in [2.05, 4.69) is 9.97 Å². The van der Waals surface area contributed by atoms with Gasteiger partial charge < -0.3 is 14.8 Å². The molecule has 0 amide bonds. The Kier molecular flexibility index (Phi) is 4.46. The number of ether oxygens (including phenoxy) is 1. The van der Waals surface area contributed by atoms with Crippen molar-refractivity contribution in [2.75, 3.05) is 6.61 Å². The molecule has 3 aromatic rings. The second kappa shape index (κ2) is 6.54. The van der Waals surface area contributed by atoms with Crippen LogP contribution in [-0.4, -0.2) is 27.7 Å². The third kappa shape index (κ3) is 2.83. The second-order valence-electron chi connectivity index (χ2n) is 5.22. The lowest BCUT2D eigenvalue weighted by molar-refractivity contribution is 0.0531. The van der Waals surface area contributed by atoms with Crippen LogP contribution in [0.5, 0.6) is 0 Å². The molecule has 0 fully saturated rings. The minimum absolute atomic E-state index is 0.148. The SMILES string of the molecule is CCOC(=O)c1sc2nc(C(O)c3ccccc3)[nH]c(=O)c2c1C. The molecule has 2 heterocycles. The highest BCUT2D eigenvalue weighted by molar-refractivity contribution is 7.20. The van der Waals surface area contributed by atoms with Gasteiger partial charge in [-0.15, -0.1) is 11.3 Å². The van der Waals surface area contributed by atoms with E-state index in [1.807, 2.05) is 6.07 Å². The summed E-state index contributed by atoms with van der Waals surface area (Å²) < 4.78 is 5.01. The van der Waals surface area contributed by atoms with Crippen molar-refractivity contribution in [2.45, 2.75) is 20.0 Å². The van der Waals surface area contributed by atoms with Gasteiger partial charge in [0, 0.05) is 0 Å². The lowest BCUT2D eigenvalue weighted by Gasteiger charge is -2.09. The van der Waals surface area contributed by atoms with E-state index >= 15 is 0 Å². The first-order valence-electron chi connectivity index (χ1n) is 7.46. The maximum absolute atomic E-state index is 12.4. The van der Waals surface area contributed by atoms with Crippen LogP contribution in [0.2, 0.25) is 0 Å². The predicted octanol–water partition coefficient (Wildman–Crippen LogP) is 2.55. The van der Waals surface area contributed by atoms with Crippen LogP contribution in [0, 0.1) is 6.92 Å². The Balaban J connectivity index is 2.11. The molecule has 0 radical (unpaired) electrons. The molecule has 0 spiro atoms. The van der Waals surface area contributed by atoms with Crippen LogP contribution >= 0.6 is 11.3 Å². The Morgan fingerprint density at radius 2 is 2.08 bits per heavy atom. The number of aliphatic hydroxyl groups is 1. The summed E-state index contributed by atoms with van der Waals surface area (Å²) in [6.07, 6.45) is -1.04. The fraction of sp³-hybridized carbons (Fsp3) is 0.235. The molecule has 1 aromatic carbocycles. The Morgan fingerprint density at radius 1 is 1.38 bits per heavy atom. The Morgan fingerprint density at radius 3 is 2.75 bits per heavy atom. The van der Waals surface area contributed by atoms with Gasteiger partial charge in [0.15, 0.2) is 0 Å². The topological polar surface area (TPSA) is 92.3 Å². The van der Waals surface area contributed by atoms with Crippen molar-refractivity contribution in [1.82, 2.24) is 9.97 Å². The highest BCUT2D eigenvalue weighted by atomic mass is 32.1. The van der Waals surface area contributed by atoms with Crippen LogP contribution in [0.3, 0.4) is 0 Å². The van der Waals surface area contributed by atoms with E-state index in [0.29, 0.717) is 26.2 Å². The van der Waals surface area contributed by atoms with Gasteiger partial charge in [-0.1, -0.05) is 30.3 Å². The van der Waals surface area contributed by atoms with Crippen molar-refractivity contribution in [2.24, 2.45) is 0 Å². The molecule has 1 atom stereocenters. The minimum atomic E-state index is -1.04. The van der Waals surface area contributed by atoms with Gasteiger partial charge in [0.05, 0.1) is 12.0 Å². The number of rotatable bonds is 4. The first kappa shape index (κ1) is 16.4. The van der Waals surface area contributed by atoms with E-state index in [1.165, 1.54) is 0 Å². The normalized spacial score (nSPS) is 12.3. The van der Waals surface area contributed by atoms with Crippen molar-refractivity contribution in [3.05, 3.63) is 62.5 Å². The number of esters is 1. The molecule has 3 rings (SSSR count). The summed E-state index contributed by atoms with van der Waals surface area (Å²) in [4.78, 5) is 32.1. The number of aryl methyl sites for hydroxylation is 1. The zero-order valence-corrected chi connectivity index (χ0v) is 14.0. The van der Waals surface area contributed by atoms with E-state index < -0.39 is 12.1 Å². The quantitative estimate of drug-likeness (QED) is 0.710. The number of aliphatic hydroxyl groups excluding tert-OH is 1. The number of carbonyl (C=O) groups is 1. The fourth-order valence-electron chi connectivity index (χ4n) is 2.47. The highest BCUT2D eigenvalue weighted by Crippen LogP contribution is 2.29. The number of thiophene rings is 1. The van der Waals surface area contributed by atoms with Gasteiger partial charge >= 0.3 is 5.97 Å². The van der Waals surface area contributed by atoms with Gasteiger partial charge in [-0.25, -0.2) is 9.78 Å². The van der Waals surface area contributed by atoms with Crippen LogP contribution in [0.15, 0.2) is 35.1 Å². The molecule has 0 saturated carbocycles. The number of carbonyl (C=O) groups excluding carboxylic acids is 1. The molecule has 7 heteroatoms. The third-order valence-electron chi connectivity index (χ3n) is 3.65. The van der Waals surface area contributed by atoms with Gasteiger partial charge in [0.25, 0.3) is 5.56 Å². The van der Waals surface area contributed by atoms with Crippen molar-refractivity contribution in [3.63, 3.8) is 0 Å². The molecule has 0 saturated heterocycles. The van der Waals surface area contributed by atoms with Gasteiger partial charge in [0.1, 0.15) is 21.6 Å². The number of hydrogen-bond acceptors (Lipinski definition) is 6. The van der Waals surface area contributed by atoms with Crippen molar-refractivity contribution >= 4 is 27.5 Å². The van der Waals surface area contributed by atoms with Gasteiger partial charge in [-0.3, -0.25) is 4.79 Å². The smallest absolute Gasteiger partial charge is 0.348 e. The average molecular weight is 344 g/mol. The molecule has 0 aliphatic carbocycles. The monoisotopic (exact) mass is 344 g/mol. The summed E-state index contributed by atoms with van der Waals surface area (Å²) in [7, 11) is 0. The summed E-state index contributed by atoms with van der Waals surface area (Å²) in [6, 6.07) is 8.92. The van der Waals surface area contributed by atoms with E-state index in [-0.39, 0.29) is 18.0 Å².